The molecule has 3 rings (SSSR count). The summed E-state index contributed by atoms with van der Waals surface area (Å²) >= 11 is 0. The van der Waals surface area contributed by atoms with Crippen molar-refractivity contribution in [2.24, 2.45) is 0 Å². The number of hydrogen-bond donors (Lipinski definition) is 0. The van der Waals surface area contributed by atoms with Crippen LogP contribution in [0.4, 0.5) is 4.39 Å². The first-order chi connectivity index (χ1) is 12.7. The normalized spacial score (nSPS) is 22.2. The second-order valence-electron chi connectivity index (χ2n) is 7.14. The van der Waals surface area contributed by atoms with Crippen LogP contribution in [0.3, 0.4) is 0 Å². The summed E-state index contributed by atoms with van der Waals surface area (Å²) in [4.78, 5) is 16.6. The number of halogens is 1. The minimum atomic E-state index is -0.208. The molecule has 2 fully saturated rings. The summed E-state index contributed by atoms with van der Waals surface area (Å²) in [6.07, 6.45) is 4.41. The van der Waals surface area contributed by atoms with Gasteiger partial charge < -0.3 is 14.4 Å². The standard InChI is InChI=1S/C20H29FN2O3/c21-18-7-5-17(6-8-18)14-22-9-3-10-23(12-11-22)20(24)16-25-15-19-4-1-2-13-26-19/h5-8,19H,1-4,9-16H2/t19-/m0/s1. The van der Waals surface area contributed by atoms with Crippen molar-refractivity contribution in [2.45, 2.75) is 38.3 Å². The Balaban J connectivity index is 1.38. The zero-order chi connectivity index (χ0) is 18.2. The molecule has 0 unspecified atom stereocenters. The van der Waals surface area contributed by atoms with Crippen LogP contribution < -0.4 is 0 Å². The number of rotatable bonds is 6. The third-order valence-electron chi connectivity index (χ3n) is 5.06. The lowest BCUT2D eigenvalue weighted by Gasteiger charge is -2.24. The van der Waals surface area contributed by atoms with Gasteiger partial charge in [-0.25, -0.2) is 4.39 Å². The Bertz CT molecular complexity index is 561. The summed E-state index contributed by atoms with van der Waals surface area (Å²) in [5.74, 6) is -0.149. The number of benzene rings is 1. The molecule has 1 aromatic carbocycles. The number of ether oxygens (including phenoxy) is 2. The van der Waals surface area contributed by atoms with Gasteiger partial charge in [0.1, 0.15) is 12.4 Å². The van der Waals surface area contributed by atoms with E-state index < -0.39 is 0 Å². The maximum Gasteiger partial charge on any atom is 0.248 e. The summed E-state index contributed by atoms with van der Waals surface area (Å²) in [7, 11) is 0. The SMILES string of the molecule is O=C(COC[C@@H]1CCCCO1)N1CCCN(Cc2ccc(F)cc2)CC1. The molecule has 1 aromatic rings. The predicted molar refractivity (Wildman–Crippen MR) is 97.3 cm³/mol. The van der Waals surface area contributed by atoms with Crippen molar-refractivity contribution in [1.29, 1.82) is 0 Å². The van der Waals surface area contributed by atoms with Crippen LogP contribution in [0.2, 0.25) is 0 Å². The van der Waals surface area contributed by atoms with Crippen molar-refractivity contribution >= 4 is 5.91 Å². The van der Waals surface area contributed by atoms with E-state index in [9.17, 15) is 9.18 Å². The van der Waals surface area contributed by atoms with Gasteiger partial charge in [0.25, 0.3) is 0 Å². The molecule has 0 aliphatic carbocycles. The lowest BCUT2D eigenvalue weighted by atomic mass is 10.1. The van der Waals surface area contributed by atoms with Gasteiger partial charge in [0.05, 0.1) is 12.7 Å². The van der Waals surface area contributed by atoms with Gasteiger partial charge in [0, 0.05) is 39.3 Å². The minimum absolute atomic E-state index is 0.0597. The van der Waals surface area contributed by atoms with Gasteiger partial charge in [0.2, 0.25) is 5.91 Å². The Kier molecular flexibility index (Phi) is 7.41. The van der Waals surface area contributed by atoms with E-state index in [1.165, 1.54) is 18.6 Å². The van der Waals surface area contributed by atoms with Crippen molar-refractivity contribution in [3.63, 3.8) is 0 Å². The first-order valence-electron chi connectivity index (χ1n) is 9.64. The summed E-state index contributed by atoms with van der Waals surface area (Å²) < 4.78 is 24.2. The van der Waals surface area contributed by atoms with Crippen LogP contribution in [0.1, 0.15) is 31.2 Å². The fraction of sp³-hybridized carbons (Fsp3) is 0.650. The maximum absolute atomic E-state index is 13.0. The number of hydrogen-bond acceptors (Lipinski definition) is 4. The van der Waals surface area contributed by atoms with Gasteiger partial charge in [-0.15, -0.1) is 0 Å². The number of nitrogens with zero attached hydrogens (tertiary/aromatic N) is 2. The van der Waals surface area contributed by atoms with E-state index in [-0.39, 0.29) is 24.4 Å². The Hall–Kier alpha value is -1.50. The molecule has 0 saturated carbocycles. The largest absolute Gasteiger partial charge is 0.376 e. The molecule has 2 aliphatic heterocycles. The minimum Gasteiger partial charge on any atom is -0.376 e. The van der Waals surface area contributed by atoms with Gasteiger partial charge in [0.15, 0.2) is 0 Å². The molecular weight excluding hydrogens is 335 g/mol. The molecule has 0 radical (unpaired) electrons. The highest BCUT2D eigenvalue weighted by atomic mass is 19.1. The first-order valence-corrected chi connectivity index (χ1v) is 9.64. The Labute approximate surface area is 155 Å². The molecule has 26 heavy (non-hydrogen) atoms. The second-order valence-corrected chi connectivity index (χ2v) is 7.14. The van der Waals surface area contributed by atoms with Gasteiger partial charge >= 0.3 is 0 Å². The fourth-order valence-electron chi connectivity index (χ4n) is 3.53. The lowest BCUT2D eigenvalue weighted by Crippen LogP contribution is -2.38. The van der Waals surface area contributed by atoms with Crippen LogP contribution in [0.25, 0.3) is 0 Å². The maximum atomic E-state index is 13.0. The molecule has 0 bridgehead atoms. The molecule has 0 aromatic heterocycles. The van der Waals surface area contributed by atoms with Crippen molar-refractivity contribution in [3.05, 3.63) is 35.6 Å². The topological polar surface area (TPSA) is 42.0 Å². The fourth-order valence-corrected chi connectivity index (χ4v) is 3.53. The van der Waals surface area contributed by atoms with Gasteiger partial charge in [-0.3, -0.25) is 9.69 Å². The molecular formula is C20H29FN2O3. The zero-order valence-corrected chi connectivity index (χ0v) is 15.4. The summed E-state index contributed by atoms with van der Waals surface area (Å²) in [6, 6.07) is 6.64. The van der Waals surface area contributed by atoms with Crippen molar-refractivity contribution in [3.8, 4) is 0 Å². The van der Waals surface area contributed by atoms with Crippen molar-refractivity contribution in [2.75, 3.05) is 46.0 Å². The van der Waals surface area contributed by atoms with E-state index in [1.54, 1.807) is 0 Å². The third-order valence-corrected chi connectivity index (χ3v) is 5.06. The van der Waals surface area contributed by atoms with Gasteiger partial charge in [-0.05, 0) is 43.4 Å². The Morgan fingerprint density at radius 3 is 2.73 bits per heavy atom. The van der Waals surface area contributed by atoms with Crippen LogP contribution in [-0.2, 0) is 20.8 Å². The first kappa shape index (κ1) is 19.3. The van der Waals surface area contributed by atoms with E-state index >= 15 is 0 Å². The third kappa shape index (κ3) is 6.04. The van der Waals surface area contributed by atoms with Crippen LogP contribution in [0, 0.1) is 5.82 Å². The quantitative estimate of drug-likeness (QED) is 0.778. The highest BCUT2D eigenvalue weighted by molar-refractivity contribution is 5.77. The number of amides is 1. The average Bonchev–Trinajstić information content (AvgIpc) is 2.90. The number of carbonyl (C=O) groups excluding carboxylic acids is 1. The van der Waals surface area contributed by atoms with Crippen LogP contribution in [0.5, 0.6) is 0 Å². The molecule has 2 aliphatic rings. The summed E-state index contributed by atoms with van der Waals surface area (Å²) in [5, 5.41) is 0. The van der Waals surface area contributed by atoms with Crippen LogP contribution in [0.15, 0.2) is 24.3 Å². The predicted octanol–water partition coefficient (Wildman–Crippen LogP) is 2.45. The lowest BCUT2D eigenvalue weighted by molar-refractivity contribution is -0.138. The highest BCUT2D eigenvalue weighted by Crippen LogP contribution is 2.13. The smallest absolute Gasteiger partial charge is 0.248 e. The summed E-state index contributed by atoms with van der Waals surface area (Å²) in [6.45, 7) is 5.49. The van der Waals surface area contributed by atoms with E-state index in [0.29, 0.717) is 13.2 Å². The van der Waals surface area contributed by atoms with E-state index in [4.69, 9.17) is 9.47 Å². The molecule has 1 amide bonds. The van der Waals surface area contributed by atoms with E-state index in [1.807, 2.05) is 17.0 Å². The van der Waals surface area contributed by atoms with Crippen LogP contribution >= 0.6 is 0 Å². The van der Waals surface area contributed by atoms with Gasteiger partial charge in [-0.1, -0.05) is 12.1 Å². The van der Waals surface area contributed by atoms with Crippen molar-refractivity contribution in [1.82, 2.24) is 9.80 Å². The molecule has 6 heteroatoms. The number of carbonyl (C=O) groups is 1. The molecule has 0 N–H and O–H groups in total. The molecule has 1 atom stereocenters. The molecule has 2 saturated heterocycles. The van der Waals surface area contributed by atoms with Gasteiger partial charge in [-0.2, -0.15) is 0 Å². The zero-order valence-electron chi connectivity index (χ0n) is 15.4. The highest BCUT2D eigenvalue weighted by Gasteiger charge is 2.20. The van der Waals surface area contributed by atoms with E-state index in [2.05, 4.69) is 4.90 Å². The molecule has 5 nitrogen and oxygen atoms in total. The Morgan fingerprint density at radius 1 is 1.12 bits per heavy atom. The molecule has 0 spiro atoms. The monoisotopic (exact) mass is 364 g/mol. The van der Waals surface area contributed by atoms with Crippen molar-refractivity contribution < 1.29 is 18.7 Å². The summed E-state index contributed by atoms with van der Waals surface area (Å²) in [5.41, 5.74) is 1.10. The second kappa shape index (κ2) is 10.00. The van der Waals surface area contributed by atoms with E-state index in [0.717, 1.165) is 57.6 Å². The Morgan fingerprint density at radius 2 is 1.96 bits per heavy atom. The molecule has 144 valence electrons. The average molecular weight is 364 g/mol. The molecule has 2 heterocycles. The van der Waals surface area contributed by atoms with Crippen LogP contribution in [-0.4, -0.2) is 67.8 Å².